The summed E-state index contributed by atoms with van der Waals surface area (Å²) in [5, 5.41) is 0. The van der Waals surface area contributed by atoms with Crippen LogP contribution in [0.3, 0.4) is 0 Å². The monoisotopic (exact) mass is 807 g/mol. The van der Waals surface area contributed by atoms with Crippen LogP contribution in [0.1, 0.15) is 53.2 Å². The van der Waals surface area contributed by atoms with Crippen LogP contribution in [-0.4, -0.2) is 44.9 Å². The maximum Gasteiger partial charge on any atom is 0.164 e. The minimum Gasteiger partial charge on any atom is -0.217 e. The van der Waals surface area contributed by atoms with Crippen LogP contribution in [0.15, 0.2) is 164 Å². The molecule has 0 spiro atoms. The van der Waals surface area contributed by atoms with Gasteiger partial charge in [0.25, 0.3) is 0 Å². The van der Waals surface area contributed by atoms with Crippen molar-refractivity contribution in [2.45, 2.75) is 52.4 Å². The van der Waals surface area contributed by atoms with Gasteiger partial charge in [-0.25, -0.2) is 44.9 Å². The Balaban J connectivity index is 1.21. The maximum atomic E-state index is 5.18. The highest BCUT2D eigenvalue weighted by Crippen LogP contribution is 2.37. The molecule has 0 aliphatic carbocycles. The standard InChI is InChI=1S/C53H45N9/c1-52(2,3)50-60-48(61-51(62-50)53(4,5)6)39-29-19-28-38(32-39)46-55-43(35-22-13-8-14-23-35)56-47(57-46)40-30-31-41(42(33-40)34-20-11-7-12-21-34)49-58-44(36-24-15-9-16-25-36)54-45(59-49)37-26-17-10-18-27-37/h7-33H,1-6H3. The summed E-state index contributed by atoms with van der Waals surface area (Å²) >= 11 is 0. The van der Waals surface area contributed by atoms with E-state index in [9.17, 15) is 0 Å². The molecule has 9 rings (SSSR count). The average Bonchev–Trinajstić information content (AvgIpc) is 3.31. The van der Waals surface area contributed by atoms with E-state index in [4.69, 9.17) is 44.9 Å². The van der Waals surface area contributed by atoms with E-state index in [0.29, 0.717) is 40.8 Å². The van der Waals surface area contributed by atoms with Gasteiger partial charge in [0.15, 0.2) is 40.8 Å². The molecule has 0 radical (unpaired) electrons. The van der Waals surface area contributed by atoms with E-state index in [0.717, 1.165) is 61.7 Å². The first-order valence-corrected chi connectivity index (χ1v) is 20.7. The Hall–Kier alpha value is -7.65. The van der Waals surface area contributed by atoms with E-state index in [2.05, 4.69) is 71.9 Å². The Morgan fingerprint density at radius 2 is 0.565 bits per heavy atom. The molecule has 6 aromatic carbocycles. The van der Waals surface area contributed by atoms with Crippen LogP contribution in [0.2, 0.25) is 0 Å². The van der Waals surface area contributed by atoms with Crippen molar-refractivity contribution in [1.82, 2.24) is 44.9 Å². The first kappa shape index (κ1) is 39.8. The van der Waals surface area contributed by atoms with Gasteiger partial charge in [-0.2, -0.15) is 0 Å². The van der Waals surface area contributed by atoms with Crippen molar-refractivity contribution in [3.8, 4) is 90.8 Å². The van der Waals surface area contributed by atoms with Crippen molar-refractivity contribution >= 4 is 0 Å². The van der Waals surface area contributed by atoms with Crippen molar-refractivity contribution in [2.24, 2.45) is 0 Å². The molecule has 0 saturated heterocycles. The van der Waals surface area contributed by atoms with Crippen molar-refractivity contribution in [3.63, 3.8) is 0 Å². The predicted octanol–water partition coefficient (Wildman–Crippen LogP) is 12.2. The lowest BCUT2D eigenvalue weighted by Crippen LogP contribution is -2.24. The van der Waals surface area contributed by atoms with Crippen LogP contribution in [0.25, 0.3) is 90.8 Å². The average molecular weight is 808 g/mol. The van der Waals surface area contributed by atoms with Crippen molar-refractivity contribution in [1.29, 1.82) is 0 Å². The van der Waals surface area contributed by atoms with Gasteiger partial charge in [0, 0.05) is 49.8 Å². The van der Waals surface area contributed by atoms with E-state index in [-0.39, 0.29) is 10.8 Å². The highest BCUT2D eigenvalue weighted by molar-refractivity contribution is 5.85. The molecule has 3 aromatic heterocycles. The van der Waals surface area contributed by atoms with Gasteiger partial charge in [-0.05, 0) is 29.3 Å². The molecule has 0 atom stereocenters. The second-order valence-corrected chi connectivity index (χ2v) is 17.2. The molecule has 9 nitrogen and oxygen atoms in total. The predicted molar refractivity (Wildman–Crippen MR) is 247 cm³/mol. The Labute approximate surface area is 362 Å². The lowest BCUT2D eigenvalue weighted by Gasteiger charge is -2.22. The van der Waals surface area contributed by atoms with E-state index in [1.165, 1.54) is 0 Å². The smallest absolute Gasteiger partial charge is 0.164 e. The Bertz CT molecular complexity index is 2920. The number of aromatic nitrogens is 9. The molecular weight excluding hydrogens is 763 g/mol. The summed E-state index contributed by atoms with van der Waals surface area (Å²) in [7, 11) is 0. The molecule has 0 saturated carbocycles. The van der Waals surface area contributed by atoms with Crippen LogP contribution >= 0.6 is 0 Å². The topological polar surface area (TPSA) is 116 Å². The van der Waals surface area contributed by atoms with Crippen LogP contribution in [0, 0.1) is 0 Å². The summed E-state index contributed by atoms with van der Waals surface area (Å²) in [6.45, 7) is 12.7. The van der Waals surface area contributed by atoms with Crippen LogP contribution < -0.4 is 0 Å². The van der Waals surface area contributed by atoms with Gasteiger partial charge >= 0.3 is 0 Å². The summed E-state index contributed by atoms with van der Waals surface area (Å²) in [5.74, 6) is 5.46. The highest BCUT2D eigenvalue weighted by Gasteiger charge is 2.26. The molecule has 0 unspecified atom stereocenters. The quantitative estimate of drug-likeness (QED) is 0.148. The van der Waals surface area contributed by atoms with Crippen LogP contribution in [-0.2, 0) is 10.8 Å². The molecule has 3 heterocycles. The first-order chi connectivity index (χ1) is 30.0. The third-order valence-corrected chi connectivity index (χ3v) is 10.3. The van der Waals surface area contributed by atoms with Gasteiger partial charge in [0.05, 0.1) is 0 Å². The van der Waals surface area contributed by atoms with E-state index >= 15 is 0 Å². The maximum absolute atomic E-state index is 5.18. The van der Waals surface area contributed by atoms with Gasteiger partial charge in [-0.15, -0.1) is 0 Å². The van der Waals surface area contributed by atoms with Crippen molar-refractivity contribution in [3.05, 3.63) is 175 Å². The summed E-state index contributed by atoms with van der Waals surface area (Å²) in [6, 6.07) is 54.6. The van der Waals surface area contributed by atoms with Gasteiger partial charge in [-0.1, -0.05) is 187 Å². The van der Waals surface area contributed by atoms with Gasteiger partial charge in [0.1, 0.15) is 11.6 Å². The fourth-order valence-corrected chi connectivity index (χ4v) is 6.99. The third-order valence-electron chi connectivity index (χ3n) is 10.3. The summed E-state index contributed by atoms with van der Waals surface area (Å²) in [6.07, 6.45) is 0. The summed E-state index contributed by atoms with van der Waals surface area (Å²) in [4.78, 5) is 45.3. The zero-order valence-electron chi connectivity index (χ0n) is 35.6. The van der Waals surface area contributed by atoms with E-state index in [1.807, 2.05) is 133 Å². The molecule has 0 N–H and O–H groups in total. The van der Waals surface area contributed by atoms with Crippen molar-refractivity contribution in [2.75, 3.05) is 0 Å². The van der Waals surface area contributed by atoms with Crippen LogP contribution in [0.5, 0.6) is 0 Å². The molecule has 0 aliphatic rings. The summed E-state index contributed by atoms with van der Waals surface area (Å²) < 4.78 is 0. The molecule has 302 valence electrons. The second-order valence-electron chi connectivity index (χ2n) is 17.2. The largest absolute Gasteiger partial charge is 0.217 e. The number of nitrogens with zero attached hydrogens (tertiary/aromatic N) is 9. The fraction of sp³-hybridized carbons (Fsp3) is 0.151. The van der Waals surface area contributed by atoms with E-state index < -0.39 is 0 Å². The normalized spacial score (nSPS) is 11.7. The lowest BCUT2D eigenvalue weighted by molar-refractivity contribution is 0.497. The second kappa shape index (κ2) is 16.4. The highest BCUT2D eigenvalue weighted by atomic mass is 15.1. The number of hydrogen-bond donors (Lipinski definition) is 0. The number of hydrogen-bond acceptors (Lipinski definition) is 9. The van der Waals surface area contributed by atoms with Gasteiger partial charge < -0.3 is 0 Å². The minimum absolute atomic E-state index is 0.269. The molecule has 9 heteroatoms. The molecule has 0 fully saturated rings. The first-order valence-electron chi connectivity index (χ1n) is 20.7. The molecule has 0 bridgehead atoms. The molecule has 62 heavy (non-hydrogen) atoms. The number of benzene rings is 6. The van der Waals surface area contributed by atoms with Gasteiger partial charge in [-0.3, -0.25) is 0 Å². The van der Waals surface area contributed by atoms with Gasteiger partial charge in [0.2, 0.25) is 0 Å². The lowest BCUT2D eigenvalue weighted by atomic mass is 9.93. The van der Waals surface area contributed by atoms with E-state index in [1.54, 1.807) is 0 Å². The zero-order chi connectivity index (χ0) is 42.8. The number of rotatable bonds is 8. The van der Waals surface area contributed by atoms with Crippen molar-refractivity contribution < 1.29 is 0 Å². The third kappa shape index (κ3) is 8.51. The Kier molecular flexibility index (Phi) is 10.5. The molecular formula is C53H45N9. The molecule has 9 aromatic rings. The van der Waals surface area contributed by atoms with Crippen LogP contribution in [0.4, 0.5) is 0 Å². The molecule has 0 amide bonds. The fourth-order valence-electron chi connectivity index (χ4n) is 6.99. The minimum atomic E-state index is -0.269. The molecule has 0 aliphatic heterocycles. The zero-order valence-corrected chi connectivity index (χ0v) is 35.6. The summed E-state index contributed by atoms with van der Waals surface area (Å²) in [5.41, 5.74) is 7.40. The Morgan fingerprint density at radius 1 is 0.242 bits per heavy atom. The SMILES string of the molecule is CC(C)(C)c1nc(-c2cccc(-c3nc(-c4ccccc4)nc(-c4ccc(-c5nc(-c6ccccc6)nc(-c6ccccc6)n5)c(-c5ccccc5)c4)n3)c2)nc(C(C)(C)C)n1. The Morgan fingerprint density at radius 3 is 0.968 bits per heavy atom.